The van der Waals surface area contributed by atoms with E-state index in [1.165, 1.54) is 0 Å². The molecular formula is C7H12FOP. The van der Waals surface area contributed by atoms with Gasteiger partial charge in [0.2, 0.25) is 0 Å². The number of rotatable bonds is 0. The number of alkyl halides is 1. The van der Waals surface area contributed by atoms with Crippen LogP contribution in [0.3, 0.4) is 0 Å². The average Bonchev–Trinajstić information content (AvgIpc) is 2.05. The molecule has 1 aliphatic heterocycles. The van der Waals surface area contributed by atoms with Crippen LogP contribution < -0.4 is 0 Å². The van der Waals surface area contributed by atoms with Gasteiger partial charge in [0.05, 0.1) is 0 Å². The Labute approximate surface area is 61.1 Å². The van der Waals surface area contributed by atoms with Crippen LogP contribution in [-0.4, -0.2) is 30.1 Å². The van der Waals surface area contributed by atoms with Crippen LogP contribution in [0.15, 0.2) is 0 Å². The molecule has 1 N–H and O–H groups in total. The first kappa shape index (κ1) is 7.98. The molecule has 0 amide bonds. The van der Waals surface area contributed by atoms with Crippen LogP contribution in [0.4, 0.5) is 4.39 Å². The zero-order valence-corrected chi connectivity index (χ0v) is 6.97. The molecule has 0 aromatic carbocycles. The molecule has 0 aromatic rings. The minimum atomic E-state index is -2.20. The summed E-state index contributed by atoms with van der Waals surface area (Å²) in [5, 5.41) is 0. The summed E-state index contributed by atoms with van der Waals surface area (Å²) in [7, 11) is -2.20. The summed E-state index contributed by atoms with van der Waals surface area (Å²) in [6.45, 7) is 1.76. The molecule has 0 radical (unpaired) electrons. The molecule has 58 valence electrons. The van der Waals surface area contributed by atoms with E-state index in [4.69, 9.17) is 6.42 Å². The Balaban J connectivity index is 2.63. The predicted molar refractivity (Wildman–Crippen MR) is 43.4 cm³/mol. The van der Waals surface area contributed by atoms with E-state index in [2.05, 4.69) is 5.92 Å². The molecule has 0 aromatic heterocycles. The van der Waals surface area contributed by atoms with Crippen LogP contribution in [0.2, 0.25) is 0 Å². The summed E-state index contributed by atoms with van der Waals surface area (Å²) >= 11 is 0. The second-order valence-corrected chi connectivity index (χ2v) is 7.00. The SMILES string of the molecule is C#CC1C[PH](C)(O)CC1F. The Hall–Kier alpha value is -0.120. The molecule has 1 nitrogen and oxygen atoms in total. The first-order valence-electron chi connectivity index (χ1n) is 3.38. The first-order valence-corrected chi connectivity index (χ1v) is 6.24. The van der Waals surface area contributed by atoms with E-state index in [0.29, 0.717) is 12.3 Å². The Morgan fingerprint density at radius 2 is 2.30 bits per heavy atom. The van der Waals surface area contributed by atoms with Crippen LogP contribution in [0.1, 0.15) is 0 Å². The summed E-state index contributed by atoms with van der Waals surface area (Å²) in [4.78, 5) is 9.47. The minimum absolute atomic E-state index is 0.318. The van der Waals surface area contributed by atoms with E-state index < -0.39 is 13.7 Å². The van der Waals surface area contributed by atoms with Crippen molar-refractivity contribution in [3.05, 3.63) is 0 Å². The average molecular weight is 162 g/mol. The summed E-state index contributed by atoms with van der Waals surface area (Å²) in [5.41, 5.74) is 0. The second kappa shape index (κ2) is 2.49. The standard InChI is InChI=1S/C7H12FOP/c1-3-6-4-10(2,9)5-7(6)8/h1,6-7,9-10H,4-5H2,2H3. The Kier molecular flexibility index (Phi) is 1.99. The van der Waals surface area contributed by atoms with Crippen molar-refractivity contribution in [2.24, 2.45) is 5.92 Å². The molecule has 2 unspecified atom stereocenters. The molecule has 1 heterocycles. The number of terminal acetylenes is 1. The van der Waals surface area contributed by atoms with Crippen molar-refractivity contribution in [2.75, 3.05) is 19.0 Å². The fourth-order valence-electron chi connectivity index (χ4n) is 1.41. The molecule has 0 saturated carbocycles. The van der Waals surface area contributed by atoms with Crippen molar-refractivity contribution in [1.29, 1.82) is 0 Å². The molecule has 1 fully saturated rings. The van der Waals surface area contributed by atoms with Gasteiger partial charge in [-0.1, -0.05) is 0 Å². The zero-order valence-electron chi connectivity index (χ0n) is 5.97. The summed E-state index contributed by atoms with van der Waals surface area (Å²) < 4.78 is 12.8. The van der Waals surface area contributed by atoms with Crippen LogP contribution in [0.25, 0.3) is 0 Å². The van der Waals surface area contributed by atoms with E-state index >= 15 is 0 Å². The topological polar surface area (TPSA) is 20.2 Å². The third-order valence-corrected chi connectivity index (χ3v) is 4.53. The van der Waals surface area contributed by atoms with Crippen molar-refractivity contribution < 1.29 is 9.28 Å². The predicted octanol–water partition coefficient (Wildman–Crippen LogP) is 0.875. The van der Waals surface area contributed by atoms with Crippen molar-refractivity contribution in [1.82, 2.24) is 0 Å². The van der Waals surface area contributed by atoms with Crippen molar-refractivity contribution in [2.45, 2.75) is 6.17 Å². The Bertz CT molecular complexity index is 173. The fourth-order valence-corrected chi connectivity index (χ4v) is 4.02. The molecule has 2 atom stereocenters. The van der Waals surface area contributed by atoms with Gasteiger partial charge in [-0.25, -0.2) is 0 Å². The van der Waals surface area contributed by atoms with Gasteiger partial charge in [0, 0.05) is 0 Å². The molecule has 0 aliphatic carbocycles. The van der Waals surface area contributed by atoms with Gasteiger partial charge < -0.3 is 0 Å². The maximum absolute atomic E-state index is 12.8. The second-order valence-electron chi connectivity index (χ2n) is 3.19. The molecule has 0 bridgehead atoms. The number of hydrogen-bond acceptors (Lipinski definition) is 1. The Morgan fingerprint density at radius 3 is 2.50 bits per heavy atom. The number of hydrogen-bond donors (Lipinski definition) is 1. The van der Waals surface area contributed by atoms with Crippen LogP contribution in [0.5, 0.6) is 0 Å². The van der Waals surface area contributed by atoms with Gasteiger partial charge in [0.1, 0.15) is 0 Å². The molecule has 10 heavy (non-hydrogen) atoms. The zero-order chi connectivity index (χ0) is 7.78. The molecule has 3 heteroatoms. The van der Waals surface area contributed by atoms with E-state index in [9.17, 15) is 9.28 Å². The van der Waals surface area contributed by atoms with Crippen molar-refractivity contribution >= 4 is 7.49 Å². The molecule has 0 spiro atoms. The molecule has 1 rings (SSSR count). The normalized spacial score (nSPS) is 40.6. The van der Waals surface area contributed by atoms with Gasteiger partial charge in [0.25, 0.3) is 0 Å². The van der Waals surface area contributed by atoms with Crippen LogP contribution >= 0.6 is 7.49 Å². The van der Waals surface area contributed by atoms with Crippen LogP contribution in [0, 0.1) is 18.3 Å². The van der Waals surface area contributed by atoms with Gasteiger partial charge in [-0.3, -0.25) is 0 Å². The van der Waals surface area contributed by atoms with Gasteiger partial charge in [-0.2, -0.15) is 0 Å². The van der Waals surface area contributed by atoms with Gasteiger partial charge >= 0.3 is 60.2 Å². The van der Waals surface area contributed by atoms with Gasteiger partial charge in [-0.15, -0.1) is 0 Å². The van der Waals surface area contributed by atoms with Crippen LogP contribution in [-0.2, 0) is 0 Å². The van der Waals surface area contributed by atoms with E-state index in [-0.39, 0.29) is 5.92 Å². The Morgan fingerprint density at radius 1 is 1.70 bits per heavy atom. The monoisotopic (exact) mass is 162 g/mol. The molecular weight excluding hydrogens is 150 g/mol. The van der Waals surface area contributed by atoms with E-state index in [0.717, 1.165) is 0 Å². The summed E-state index contributed by atoms with van der Waals surface area (Å²) in [6, 6.07) is 0. The third-order valence-electron chi connectivity index (χ3n) is 1.95. The van der Waals surface area contributed by atoms with Crippen molar-refractivity contribution in [3.63, 3.8) is 0 Å². The van der Waals surface area contributed by atoms with Gasteiger partial charge in [0.15, 0.2) is 0 Å². The van der Waals surface area contributed by atoms with E-state index in [1.807, 2.05) is 0 Å². The third kappa shape index (κ3) is 1.48. The maximum atomic E-state index is 12.8. The molecule has 1 saturated heterocycles. The van der Waals surface area contributed by atoms with Crippen molar-refractivity contribution in [3.8, 4) is 12.3 Å². The van der Waals surface area contributed by atoms with Gasteiger partial charge in [-0.05, 0) is 0 Å². The summed E-state index contributed by atoms with van der Waals surface area (Å²) in [6.07, 6.45) is 4.97. The number of halogens is 1. The summed E-state index contributed by atoms with van der Waals surface area (Å²) in [5.74, 6) is 2.05. The first-order chi connectivity index (χ1) is 4.55. The molecule has 1 aliphatic rings. The van der Waals surface area contributed by atoms with E-state index in [1.54, 1.807) is 6.66 Å². The quantitative estimate of drug-likeness (QED) is 0.414. The fraction of sp³-hybridized carbons (Fsp3) is 0.714.